The molecular weight excluding hydrogens is 278 g/mol. The Morgan fingerprint density at radius 1 is 1.35 bits per heavy atom. The smallest absolute Gasteiger partial charge is 0.322 e. The summed E-state index contributed by atoms with van der Waals surface area (Å²) in [7, 11) is 0. The minimum atomic E-state index is -0.274. The van der Waals surface area contributed by atoms with E-state index in [0.717, 1.165) is 0 Å². The lowest BCUT2D eigenvalue weighted by Crippen LogP contribution is -2.55. The highest BCUT2D eigenvalue weighted by atomic mass is 35.5. The number of hydrogen-bond acceptors (Lipinski definition) is 2. The quantitative estimate of drug-likeness (QED) is 0.911. The summed E-state index contributed by atoms with van der Waals surface area (Å²) in [6.45, 7) is 5.17. The highest BCUT2D eigenvalue weighted by Crippen LogP contribution is 2.16. The second-order valence-corrected chi connectivity index (χ2v) is 5.48. The van der Waals surface area contributed by atoms with Crippen LogP contribution in [0.2, 0.25) is 5.02 Å². The lowest BCUT2D eigenvalue weighted by molar-refractivity contribution is -0.136. The standard InChI is InChI=1S/C14H18ClN3O2/c1-10(2)18-7-6-17(9-13(18)19)14(20)16-12-5-3-4-11(15)8-12/h3-5,8,10H,6-7,9H2,1-2H3,(H,16,20). The molecule has 0 aromatic heterocycles. The van der Waals surface area contributed by atoms with E-state index in [0.29, 0.717) is 23.8 Å². The van der Waals surface area contributed by atoms with E-state index in [1.165, 1.54) is 4.90 Å². The monoisotopic (exact) mass is 295 g/mol. The molecule has 0 saturated carbocycles. The zero-order chi connectivity index (χ0) is 14.7. The van der Waals surface area contributed by atoms with E-state index in [9.17, 15) is 9.59 Å². The zero-order valence-corrected chi connectivity index (χ0v) is 12.4. The van der Waals surface area contributed by atoms with Crippen LogP contribution >= 0.6 is 11.6 Å². The highest BCUT2D eigenvalue weighted by Gasteiger charge is 2.28. The van der Waals surface area contributed by atoms with E-state index in [-0.39, 0.29) is 24.5 Å². The molecule has 3 amide bonds. The molecule has 20 heavy (non-hydrogen) atoms. The number of nitrogens with one attached hydrogen (secondary N) is 1. The third-order valence-corrected chi connectivity index (χ3v) is 3.48. The fourth-order valence-electron chi connectivity index (χ4n) is 2.17. The Labute approximate surface area is 123 Å². The van der Waals surface area contributed by atoms with Gasteiger partial charge in [0.25, 0.3) is 0 Å². The maximum absolute atomic E-state index is 12.1. The van der Waals surface area contributed by atoms with Crippen LogP contribution in [-0.2, 0) is 4.79 Å². The maximum atomic E-state index is 12.1. The number of piperazine rings is 1. The zero-order valence-electron chi connectivity index (χ0n) is 11.6. The van der Waals surface area contributed by atoms with Gasteiger partial charge in [0.15, 0.2) is 0 Å². The summed E-state index contributed by atoms with van der Waals surface area (Å²) < 4.78 is 0. The van der Waals surface area contributed by atoms with Gasteiger partial charge in [-0.2, -0.15) is 0 Å². The molecule has 1 heterocycles. The van der Waals surface area contributed by atoms with Crippen molar-refractivity contribution < 1.29 is 9.59 Å². The molecule has 0 spiro atoms. The van der Waals surface area contributed by atoms with Crippen LogP contribution < -0.4 is 5.32 Å². The van der Waals surface area contributed by atoms with E-state index in [2.05, 4.69) is 5.32 Å². The van der Waals surface area contributed by atoms with Crippen molar-refractivity contribution in [1.29, 1.82) is 0 Å². The molecule has 6 heteroatoms. The summed E-state index contributed by atoms with van der Waals surface area (Å²) in [4.78, 5) is 27.3. The van der Waals surface area contributed by atoms with Gasteiger partial charge in [0.05, 0.1) is 0 Å². The summed E-state index contributed by atoms with van der Waals surface area (Å²) in [5.41, 5.74) is 0.626. The van der Waals surface area contributed by atoms with Gasteiger partial charge in [-0.3, -0.25) is 4.79 Å². The SMILES string of the molecule is CC(C)N1CCN(C(=O)Nc2cccc(Cl)c2)CC1=O. The topological polar surface area (TPSA) is 52.6 Å². The van der Waals surface area contributed by atoms with Gasteiger partial charge in [-0.1, -0.05) is 17.7 Å². The Balaban J connectivity index is 1.96. The summed E-state index contributed by atoms with van der Waals surface area (Å²) in [6.07, 6.45) is 0. The van der Waals surface area contributed by atoms with Gasteiger partial charge in [0, 0.05) is 29.8 Å². The average molecular weight is 296 g/mol. The van der Waals surface area contributed by atoms with Crippen LogP contribution in [-0.4, -0.2) is 47.4 Å². The van der Waals surface area contributed by atoms with Gasteiger partial charge in [-0.25, -0.2) is 4.79 Å². The van der Waals surface area contributed by atoms with Crippen LogP contribution in [0.5, 0.6) is 0 Å². The number of nitrogens with zero attached hydrogens (tertiary/aromatic N) is 2. The van der Waals surface area contributed by atoms with Crippen molar-refractivity contribution in [1.82, 2.24) is 9.80 Å². The Kier molecular flexibility index (Phi) is 4.49. The minimum absolute atomic E-state index is 0.0208. The number of benzene rings is 1. The predicted octanol–water partition coefficient (Wildman–Crippen LogP) is 2.42. The molecule has 0 radical (unpaired) electrons. The first-order valence-corrected chi connectivity index (χ1v) is 6.96. The first-order chi connectivity index (χ1) is 9.47. The Bertz CT molecular complexity index is 519. The molecule has 108 valence electrons. The van der Waals surface area contributed by atoms with Gasteiger partial charge in [-0.05, 0) is 32.0 Å². The Morgan fingerprint density at radius 2 is 2.10 bits per heavy atom. The van der Waals surface area contributed by atoms with Crippen LogP contribution in [0.3, 0.4) is 0 Å². The first kappa shape index (κ1) is 14.7. The van der Waals surface area contributed by atoms with E-state index < -0.39 is 0 Å². The highest BCUT2D eigenvalue weighted by molar-refractivity contribution is 6.30. The summed E-state index contributed by atoms with van der Waals surface area (Å²) >= 11 is 5.87. The summed E-state index contributed by atoms with van der Waals surface area (Å²) in [5.74, 6) is -0.0208. The molecule has 1 aromatic carbocycles. The van der Waals surface area contributed by atoms with Crippen LogP contribution in [0, 0.1) is 0 Å². The van der Waals surface area contributed by atoms with Crippen molar-refractivity contribution in [3.05, 3.63) is 29.3 Å². The molecule has 0 unspecified atom stereocenters. The van der Waals surface area contributed by atoms with E-state index in [1.807, 2.05) is 13.8 Å². The Morgan fingerprint density at radius 3 is 2.70 bits per heavy atom. The number of halogens is 1. The lowest BCUT2D eigenvalue weighted by atomic mass is 10.2. The minimum Gasteiger partial charge on any atom is -0.337 e. The van der Waals surface area contributed by atoms with Crippen molar-refractivity contribution >= 4 is 29.2 Å². The number of carbonyl (C=O) groups excluding carboxylic acids is 2. The fourth-order valence-corrected chi connectivity index (χ4v) is 2.36. The third kappa shape index (κ3) is 3.42. The molecule has 1 fully saturated rings. The molecule has 1 aromatic rings. The van der Waals surface area contributed by atoms with Crippen LogP contribution in [0.15, 0.2) is 24.3 Å². The number of rotatable bonds is 2. The van der Waals surface area contributed by atoms with Crippen molar-refractivity contribution in [2.75, 3.05) is 25.0 Å². The first-order valence-electron chi connectivity index (χ1n) is 6.58. The largest absolute Gasteiger partial charge is 0.337 e. The van der Waals surface area contributed by atoms with Crippen molar-refractivity contribution in [3.8, 4) is 0 Å². The van der Waals surface area contributed by atoms with E-state index >= 15 is 0 Å². The summed E-state index contributed by atoms with van der Waals surface area (Å²) in [6, 6.07) is 6.83. The number of amides is 3. The molecule has 0 aliphatic carbocycles. The molecule has 0 bridgehead atoms. The molecule has 1 aliphatic rings. The van der Waals surface area contributed by atoms with Crippen molar-refractivity contribution in [2.24, 2.45) is 0 Å². The molecule has 0 atom stereocenters. The number of anilines is 1. The molecular formula is C14H18ClN3O2. The van der Waals surface area contributed by atoms with Crippen molar-refractivity contribution in [2.45, 2.75) is 19.9 Å². The average Bonchev–Trinajstić information content (AvgIpc) is 2.38. The van der Waals surface area contributed by atoms with E-state index in [4.69, 9.17) is 11.6 Å². The molecule has 1 saturated heterocycles. The molecule has 5 nitrogen and oxygen atoms in total. The van der Waals surface area contributed by atoms with Crippen LogP contribution in [0.4, 0.5) is 10.5 Å². The van der Waals surface area contributed by atoms with Gasteiger partial charge in [-0.15, -0.1) is 0 Å². The van der Waals surface area contributed by atoms with Gasteiger partial charge < -0.3 is 15.1 Å². The van der Waals surface area contributed by atoms with E-state index in [1.54, 1.807) is 29.2 Å². The number of hydrogen-bond donors (Lipinski definition) is 1. The number of carbonyl (C=O) groups is 2. The Hall–Kier alpha value is -1.75. The van der Waals surface area contributed by atoms with Crippen molar-refractivity contribution in [3.63, 3.8) is 0 Å². The van der Waals surface area contributed by atoms with Gasteiger partial charge in [0.1, 0.15) is 6.54 Å². The molecule has 2 rings (SSSR count). The fraction of sp³-hybridized carbons (Fsp3) is 0.429. The lowest BCUT2D eigenvalue weighted by Gasteiger charge is -2.36. The normalized spacial score (nSPS) is 15.7. The third-order valence-electron chi connectivity index (χ3n) is 3.24. The predicted molar refractivity (Wildman–Crippen MR) is 78.9 cm³/mol. The second-order valence-electron chi connectivity index (χ2n) is 5.04. The number of urea groups is 1. The van der Waals surface area contributed by atoms with Gasteiger partial charge >= 0.3 is 6.03 Å². The van der Waals surface area contributed by atoms with Crippen LogP contribution in [0.25, 0.3) is 0 Å². The second kappa shape index (κ2) is 6.13. The molecule has 1 aliphatic heterocycles. The summed E-state index contributed by atoms with van der Waals surface area (Å²) in [5, 5.41) is 3.31. The van der Waals surface area contributed by atoms with Gasteiger partial charge in [0.2, 0.25) is 5.91 Å². The van der Waals surface area contributed by atoms with Crippen LogP contribution in [0.1, 0.15) is 13.8 Å². The molecule has 1 N–H and O–H groups in total. The maximum Gasteiger partial charge on any atom is 0.322 e.